The molecule has 0 fully saturated rings. The van der Waals surface area contributed by atoms with E-state index in [0.717, 1.165) is 16.6 Å². The largest absolute Gasteiger partial charge is 0.344 e. The first-order valence-electron chi connectivity index (χ1n) is 7.92. The number of fused-ring (bicyclic) bond motifs is 3. The molecule has 25 heavy (non-hydrogen) atoms. The lowest BCUT2D eigenvalue weighted by Crippen LogP contribution is -2.19. The van der Waals surface area contributed by atoms with Crippen molar-refractivity contribution in [2.24, 2.45) is 7.05 Å². The lowest BCUT2D eigenvalue weighted by molar-refractivity contribution is 0.262. The quantitative estimate of drug-likeness (QED) is 0.484. The van der Waals surface area contributed by atoms with E-state index in [1.165, 1.54) is 10.9 Å². The molecule has 0 radical (unpaired) electrons. The number of amides is 2. The predicted molar refractivity (Wildman–Crippen MR) is 105 cm³/mol. The van der Waals surface area contributed by atoms with Gasteiger partial charge in [0.15, 0.2) is 0 Å². The van der Waals surface area contributed by atoms with Gasteiger partial charge in [0, 0.05) is 45.3 Å². The number of nitrogens with one attached hydrogen (secondary N) is 2. The van der Waals surface area contributed by atoms with Gasteiger partial charge in [-0.05, 0) is 48.5 Å². The molecule has 0 bridgehead atoms. The molecule has 124 valence electrons. The van der Waals surface area contributed by atoms with Crippen LogP contribution < -0.4 is 10.6 Å². The number of nitrogens with zero attached hydrogens (tertiary/aromatic N) is 1. The van der Waals surface area contributed by atoms with Crippen LogP contribution in [0.1, 0.15) is 0 Å². The maximum absolute atomic E-state index is 12.2. The highest BCUT2D eigenvalue weighted by atomic mass is 35.5. The molecule has 0 saturated carbocycles. The van der Waals surface area contributed by atoms with Gasteiger partial charge in [-0.15, -0.1) is 0 Å². The summed E-state index contributed by atoms with van der Waals surface area (Å²) in [5.74, 6) is 0. The lowest BCUT2D eigenvalue weighted by Gasteiger charge is -2.08. The fraction of sp³-hybridized carbons (Fsp3) is 0.0500. The van der Waals surface area contributed by atoms with E-state index >= 15 is 0 Å². The number of hydrogen-bond donors (Lipinski definition) is 2. The molecular weight excluding hydrogens is 334 g/mol. The van der Waals surface area contributed by atoms with Crippen LogP contribution in [-0.4, -0.2) is 10.6 Å². The van der Waals surface area contributed by atoms with Crippen LogP contribution in [0, 0.1) is 0 Å². The Kier molecular flexibility index (Phi) is 3.82. The zero-order valence-corrected chi connectivity index (χ0v) is 14.3. The smallest absolute Gasteiger partial charge is 0.323 e. The Morgan fingerprint density at radius 3 is 2.28 bits per heavy atom. The second-order valence-electron chi connectivity index (χ2n) is 5.89. The van der Waals surface area contributed by atoms with Crippen LogP contribution >= 0.6 is 11.6 Å². The number of aromatic nitrogens is 1. The van der Waals surface area contributed by atoms with Crippen LogP contribution in [0.5, 0.6) is 0 Å². The van der Waals surface area contributed by atoms with Gasteiger partial charge in [0.1, 0.15) is 0 Å². The number of hydrogen-bond acceptors (Lipinski definition) is 1. The summed E-state index contributed by atoms with van der Waals surface area (Å²) in [6, 6.07) is 20.9. The maximum atomic E-state index is 12.2. The molecule has 0 aliphatic rings. The Labute approximate surface area is 150 Å². The zero-order chi connectivity index (χ0) is 17.4. The van der Waals surface area contributed by atoms with Gasteiger partial charge in [0.05, 0.1) is 0 Å². The third kappa shape index (κ3) is 2.92. The Morgan fingerprint density at radius 1 is 0.840 bits per heavy atom. The van der Waals surface area contributed by atoms with E-state index in [9.17, 15) is 4.79 Å². The summed E-state index contributed by atoms with van der Waals surface area (Å²) < 4.78 is 2.15. The van der Waals surface area contributed by atoms with E-state index in [2.05, 4.69) is 27.3 Å². The van der Waals surface area contributed by atoms with Crippen LogP contribution in [-0.2, 0) is 7.05 Å². The molecular formula is C20H16ClN3O. The van der Waals surface area contributed by atoms with Gasteiger partial charge >= 0.3 is 6.03 Å². The third-order valence-corrected chi connectivity index (χ3v) is 4.53. The first-order chi connectivity index (χ1) is 12.1. The summed E-state index contributed by atoms with van der Waals surface area (Å²) in [6.45, 7) is 0. The molecule has 0 saturated heterocycles. The normalized spacial score (nSPS) is 11.0. The summed E-state index contributed by atoms with van der Waals surface area (Å²) in [5, 5.41) is 8.59. The molecule has 1 heterocycles. The van der Waals surface area contributed by atoms with Crippen molar-refractivity contribution < 1.29 is 4.79 Å². The Morgan fingerprint density at radius 2 is 1.48 bits per heavy atom. The van der Waals surface area contributed by atoms with Gasteiger partial charge in [0.25, 0.3) is 0 Å². The summed E-state index contributed by atoms with van der Waals surface area (Å²) >= 11 is 5.85. The second kappa shape index (κ2) is 6.15. The van der Waals surface area contributed by atoms with Crippen molar-refractivity contribution in [3.63, 3.8) is 0 Å². The molecule has 4 aromatic rings. The molecule has 2 amide bonds. The van der Waals surface area contributed by atoms with Gasteiger partial charge in [-0.2, -0.15) is 0 Å². The van der Waals surface area contributed by atoms with Crippen molar-refractivity contribution in [3.8, 4) is 0 Å². The standard InChI is InChI=1S/C20H16ClN3O/c1-24-18-5-3-2-4-16(18)17-12-15(10-11-19(17)24)23-20(25)22-14-8-6-13(21)7-9-14/h2-12H,1H3,(H2,22,23,25). The van der Waals surface area contributed by atoms with Gasteiger partial charge < -0.3 is 15.2 Å². The summed E-state index contributed by atoms with van der Waals surface area (Å²) in [6.07, 6.45) is 0. The van der Waals surface area contributed by atoms with E-state index < -0.39 is 0 Å². The lowest BCUT2D eigenvalue weighted by atomic mass is 10.1. The van der Waals surface area contributed by atoms with Gasteiger partial charge in [0.2, 0.25) is 0 Å². The van der Waals surface area contributed by atoms with Crippen molar-refractivity contribution in [1.29, 1.82) is 0 Å². The molecule has 1 aromatic heterocycles. The average molecular weight is 350 g/mol. The Balaban J connectivity index is 1.62. The maximum Gasteiger partial charge on any atom is 0.323 e. The Bertz CT molecular complexity index is 1080. The van der Waals surface area contributed by atoms with Gasteiger partial charge in [-0.1, -0.05) is 29.8 Å². The van der Waals surface area contributed by atoms with E-state index in [1.54, 1.807) is 24.3 Å². The summed E-state index contributed by atoms with van der Waals surface area (Å²) in [5.41, 5.74) is 3.73. The van der Waals surface area contributed by atoms with Gasteiger partial charge in [-0.25, -0.2) is 4.79 Å². The highest BCUT2D eigenvalue weighted by Gasteiger charge is 2.09. The molecule has 0 unspecified atom stereocenters. The first kappa shape index (κ1) is 15.5. The SMILES string of the molecule is Cn1c2ccccc2c2cc(NC(=O)Nc3ccc(Cl)cc3)ccc21. The minimum atomic E-state index is -0.290. The van der Waals surface area contributed by atoms with Crippen LogP contribution in [0.25, 0.3) is 21.8 Å². The molecule has 0 aliphatic carbocycles. The van der Waals surface area contributed by atoms with E-state index in [-0.39, 0.29) is 6.03 Å². The van der Waals surface area contributed by atoms with E-state index in [0.29, 0.717) is 10.7 Å². The summed E-state index contributed by atoms with van der Waals surface area (Å²) in [4.78, 5) is 12.2. The number of anilines is 2. The van der Waals surface area contributed by atoms with Crippen LogP contribution in [0.2, 0.25) is 5.02 Å². The predicted octanol–water partition coefficient (Wildman–Crippen LogP) is 5.63. The number of rotatable bonds is 2. The number of urea groups is 1. The van der Waals surface area contributed by atoms with Crippen molar-refractivity contribution >= 4 is 50.8 Å². The van der Waals surface area contributed by atoms with E-state index in [4.69, 9.17) is 11.6 Å². The molecule has 0 aliphatic heterocycles. The fourth-order valence-electron chi connectivity index (χ4n) is 3.07. The van der Waals surface area contributed by atoms with Crippen LogP contribution in [0.4, 0.5) is 16.2 Å². The van der Waals surface area contributed by atoms with Crippen molar-refractivity contribution in [2.75, 3.05) is 10.6 Å². The molecule has 0 spiro atoms. The summed E-state index contributed by atoms with van der Waals surface area (Å²) in [7, 11) is 2.05. The Hall–Kier alpha value is -2.98. The number of benzene rings is 3. The van der Waals surface area contributed by atoms with Crippen molar-refractivity contribution in [2.45, 2.75) is 0 Å². The zero-order valence-electron chi connectivity index (χ0n) is 13.6. The van der Waals surface area contributed by atoms with Crippen LogP contribution in [0.15, 0.2) is 66.7 Å². The first-order valence-corrected chi connectivity index (χ1v) is 8.30. The molecule has 5 heteroatoms. The number of carbonyl (C=O) groups is 1. The number of aryl methyl sites for hydroxylation is 1. The third-order valence-electron chi connectivity index (χ3n) is 4.27. The number of carbonyl (C=O) groups excluding carboxylic acids is 1. The van der Waals surface area contributed by atoms with E-state index in [1.807, 2.05) is 37.4 Å². The molecule has 0 atom stereocenters. The minimum Gasteiger partial charge on any atom is -0.344 e. The molecule has 2 N–H and O–H groups in total. The minimum absolute atomic E-state index is 0.290. The van der Waals surface area contributed by atoms with Gasteiger partial charge in [-0.3, -0.25) is 0 Å². The van der Waals surface area contributed by atoms with Crippen molar-refractivity contribution in [3.05, 3.63) is 71.8 Å². The number of para-hydroxylation sites is 1. The van der Waals surface area contributed by atoms with Crippen molar-refractivity contribution in [1.82, 2.24) is 4.57 Å². The monoisotopic (exact) mass is 349 g/mol. The second-order valence-corrected chi connectivity index (χ2v) is 6.33. The fourth-order valence-corrected chi connectivity index (χ4v) is 3.20. The molecule has 4 nitrogen and oxygen atoms in total. The van der Waals surface area contributed by atoms with Crippen LogP contribution in [0.3, 0.4) is 0 Å². The molecule has 3 aromatic carbocycles. The number of halogens is 1. The highest BCUT2D eigenvalue weighted by molar-refractivity contribution is 6.30. The average Bonchev–Trinajstić information content (AvgIpc) is 2.90. The molecule has 4 rings (SSSR count). The topological polar surface area (TPSA) is 46.1 Å². The highest BCUT2D eigenvalue weighted by Crippen LogP contribution is 2.30.